The SMILES string of the molecule is Cn1c2c(c3c1CCCCCC3)CCCCCCCC2. The van der Waals surface area contributed by atoms with Crippen LogP contribution >= 0.6 is 0 Å². The van der Waals surface area contributed by atoms with Gasteiger partial charge in [-0.15, -0.1) is 0 Å². The van der Waals surface area contributed by atoms with Crippen LogP contribution in [0.15, 0.2) is 0 Å². The Morgan fingerprint density at radius 3 is 1.30 bits per heavy atom. The van der Waals surface area contributed by atoms with Gasteiger partial charge in [0.25, 0.3) is 0 Å². The lowest BCUT2D eigenvalue weighted by atomic mass is 9.91. The Kier molecular flexibility index (Phi) is 4.86. The number of hydrogen-bond acceptors (Lipinski definition) is 0. The lowest BCUT2D eigenvalue weighted by Crippen LogP contribution is -2.05. The van der Waals surface area contributed by atoms with Crippen LogP contribution in [0.1, 0.15) is 86.7 Å². The zero-order valence-electron chi connectivity index (χ0n) is 13.3. The predicted molar refractivity (Wildman–Crippen MR) is 86.4 cm³/mol. The molecular formula is C19H31N. The fourth-order valence-corrected chi connectivity index (χ4v) is 4.39. The van der Waals surface area contributed by atoms with E-state index in [0.717, 1.165) is 0 Å². The van der Waals surface area contributed by atoms with E-state index in [1.807, 2.05) is 0 Å². The Labute approximate surface area is 124 Å². The molecule has 2 aliphatic carbocycles. The highest BCUT2D eigenvalue weighted by molar-refractivity contribution is 5.40. The summed E-state index contributed by atoms with van der Waals surface area (Å²) in [6.45, 7) is 0. The van der Waals surface area contributed by atoms with Crippen molar-refractivity contribution in [3.63, 3.8) is 0 Å². The van der Waals surface area contributed by atoms with E-state index >= 15 is 0 Å². The largest absolute Gasteiger partial charge is 0.351 e. The molecule has 0 saturated carbocycles. The molecule has 0 atom stereocenters. The summed E-state index contributed by atoms with van der Waals surface area (Å²) >= 11 is 0. The highest BCUT2D eigenvalue weighted by atomic mass is 15.0. The molecule has 20 heavy (non-hydrogen) atoms. The van der Waals surface area contributed by atoms with Crippen molar-refractivity contribution in [2.24, 2.45) is 7.05 Å². The molecule has 0 unspecified atom stereocenters. The molecule has 1 aromatic heterocycles. The Bertz CT molecular complexity index is 441. The highest BCUT2D eigenvalue weighted by Gasteiger charge is 2.21. The maximum absolute atomic E-state index is 2.61. The predicted octanol–water partition coefficient (Wildman–Crippen LogP) is 5.12. The molecule has 0 spiro atoms. The zero-order chi connectivity index (χ0) is 13.8. The summed E-state index contributed by atoms with van der Waals surface area (Å²) in [4.78, 5) is 0. The van der Waals surface area contributed by atoms with Gasteiger partial charge >= 0.3 is 0 Å². The van der Waals surface area contributed by atoms with Crippen molar-refractivity contribution in [3.8, 4) is 0 Å². The number of hydrogen-bond donors (Lipinski definition) is 0. The Morgan fingerprint density at radius 1 is 0.500 bits per heavy atom. The zero-order valence-corrected chi connectivity index (χ0v) is 13.3. The van der Waals surface area contributed by atoms with Crippen LogP contribution in [0.3, 0.4) is 0 Å². The Morgan fingerprint density at radius 2 is 0.850 bits per heavy atom. The van der Waals surface area contributed by atoms with Gasteiger partial charge in [0, 0.05) is 18.4 Å². The fourth-order valence-electron chi connectivity index (χ4n) is 4.39. The average Bonchev–Trinajstić information content (AvgIpc) is 2.66. The first-order chi connectivity index (χ1) is 9.88. The summed E-state index contributed by atoms with van der Waals surface area (Å²) in [5, 5.41) is 0. The van der Waals surface area contributed by atoms with Gasteiger partial charge in [-0.3, -0.25) is 0 Å². The third-order valence-electron chi connectivity index (χ3n) is 5.55. The first-order valence-electron chi connectivity index (χ1n) is 9.06. The van der Waals surface area contributed by atoms with E-state index in [2.05, 4.69) is 11.6 Å². The van der Waals surface area contributed by atoms with Gasteiger partial charge < -0.3 is 4.57 Å². The van der Waals surface area contributed by atoms with Crippen LogP contribution in [0.25, 0.3) is 0 Å². The van der Waals surface area contributed by atoms with Gasteiger partial charge in [0.2, 0.25) is 0 Å². The molecule has 1 heterocycles. The van der Waals surface area contributed by atoms with E-state index in [1.165, 1.54) is 89.9 Å². The molecule has 0 bridgehead atoms. The second-order valence-electron chi connectivity index (χ2n) is 6.95. The molecule has 0 N–H and O–H groups in total. The van der Waals surface area contributed by atoms with E-state index in [9.17, 15) is 0 Å². The number of aromatic nitrogens is 1. The summed E-state index contributed by atoms with van der Waals surface area (Å²) in [5.74, 6) is 0. The molecule has 0 amide bonds. The molecule has 1 aromatic rings. The quantitative estimate of drug-likeness (QED) is 0.618. The van der Waals surface area contributed by atoms with Crippen molar-refractivity contribution in [1.29, 1.82) is 0 Å². The van der Waals surface area contributed by atoms with Gasteiger partial charge in [0.15, 0.2) is 0 Å². The molecule has 112 valence electrons. The van der Waals surface area contributed by atoms with Crippen molar-refractivity contribution < 1.29 is 0 Å². The standard InChI is InChI=1S/C19H31N/c1-20-18-14-10-5-3-2-4-8-12-16(18)17-13-9-6-7-11-15-19(17)20/h2-15H2,1H3. The van der Waals surface area contributed by atoms with Crippen LogP contribution < -0.4 is 0 Å². The summed E-state index contributed by atoms with van der Waals surface area (Å²) in [5.41, 5.74) is 6.97. The van der Waals surface area contributed by atoms with Crippen LogP contribution in [0.4, 0.5) is 0 Å². The molecule has 0 saturated heterocycles. The first-order valence-corrected chi connectivity index (χ1v) is 9.06. The summed E-state index contributed by atoms with van der Waals surface area (Å²) in [6, 6.07) is 0. The molecule has 0 radical (unpaired) electrons. The lowest BCUT2D eigenvalue weighted by Gasteiger charge is -2.13. The van der Waals surface area contributed by atoms with Crippen LogP contribution in [0, 0.1) is 0 Å². The van der Waals surface area contributed by atoms with Gasteiger partial charge in [-0.05, 0) is 62.5 Å². The van der Waals surface area contributed by atoms with Crippen LogP contribution in [0.2, 0.25) is 0 Å². The lowest BCUT2D eigenvalue weighted by molar-refractivity contribution is 0.570. The second-order valence-corrected chi connectivity index (χ2v) is 6.95. The van der Waals surface area contributed by atoms with Gasteiger partial charge in [-0.25, -0.2) is 0 Å². The fraction of sp³-hybridized carbons (Fsp3) is 0.789. The second kappa shape index (κ2) is 6.83. The third kappa shape index (κ3) is 2.97. The van der Waals surface area contributed by atoms with Gasteiger partial charge in [0.1, 0.15) is 0 Å². The van der Waals surface area contributed by atoms with E-state index in [0.29, 0.717) is 0 Å². The van der Waals surface area contributed by atoms with E-state index in [-0.39, 0.29) is 0 Å². The first kappa shape index (κ1) is 14.2. The normalized spacial score (nSPS) is 21.4. The minimum atomic E-state index is 1.33. The van der Waals surface area contributed by atoms with Gasteiger partial charge in [-0.2, -0.15) is 0 Å². The van der Waals surface area contributed by atoms with E-state index in [1.54, 1.807) is 22.5 Å². The summed E-state index contributed by atoms with van der Waals surface area (Å²) in [6.07, 6.45) is 19.7. The number of nitrogens with zero attached hydrogens (tertiary/aromatic N) is 1. The molecule has 0 aliphatic heterocycles. The minimum Gasteiger partial charge on any atom is -0.351 e. The van der Waals surface area contributed by atoms with Crippen molar-refractivity contribution >= 4 is 0 Å². The molecule has 1 heteroatoms. The van der Waals surface area contributed by atoms with Crippen LogP contribution in [0.5, 0.6) is 0 Å². The third-order valence-corrected chi connectivity index (χ3v) is 5.55. The number of rotatable bonds is 0. The van der Waals surface area contributed by atoms with Crippen molar-refractivity contribution in [3.05, 3.63) is 22.5 Å². The smallest absolute Gasteiger partial charge is 0.0209 e. The van der Waals surface area contributed by atoms with Crippen molar-refractivity contribution in [1.82, 2.24) is 4.57 Å². The van der Waals surface area contributed by atoms with E-state index in [4.69, 9.17) is 0 Å². The Hall–Kier alpha value is -0.720. The molecule has 1 nitrogen and oxygen atoms in total. The van der Waals surface area contributed by atoms with Crippen LogP contribution in [-0.4, -0.2) is 4.57 Å². The van der Waals surface area contributed by atoms with Gasteiger partial charge in [-0.1, -0.05) is 38.5 Å². The average molecular weight is 273 g/mol. The molecule has 2 aliphatic rings. The highest BCUT2D eigenvalue weighted by Crippen LogP contribution is 2.31. The molecule has 3 rings (SSSR count). The molecular weight excluding hydrogens is 242 g/mol. The maximum atomic E-state index is 2.61. The van der Waals surface area contributed by atoms with Crippen LogP contribution in [-0.2, 0) is 32.7 Å². The monoisotopic (exact) mass is 273 g/mol. The Balaban J connectivity index is 1.95. The maximum Gasteiger partial charge on any atom is 0.0209 e. The van der Waals surface area contributed by atoms with Crippen molar-refractivity contribution in [2.45, 2.75) is 89.9 Å². The summed E-state index contributed by atoms with van der Waals surface area (Å²) in [7, 11) is 2.35. The number of fused-ring (bicyclic) bond motifs is 3. The van der Waals surface area contributed by atoms with Crippen molar-refractivity contribution in [2.75, 3.05) is 0 Å². The van der Waals surface area contributed by atoms with Gasteiger partial charge in [0.05, 0.1) is 0 Å². The van der Waals surface area contributed by atoms with E-state index < -0.39 is 0 Å². The molecule has 0 fully saturated rings. The molecule has 0 aromatic carbocycles. The summed E-state index contributed by atoms with van der Waals surface area (Å²) < 4.78 is 2.61. The minimum absolute atomic E-state index is 1.33. The topological polar surface area (TPSA) is 4.93 Å².